The van der Waals surface area contributed by atoms with E-state index in [0.717, 1.165) is 0 Å². The van der Waals surface area contributed by atoms with Gasteiger partial charge in [0.1, 0.15) is 0 Å². The Morgan fingerprint density at radius 2 is 2.10 bits per heavy atom. The lowest BCUT2D eigenvalue weighted by molar-refractivity contribution is -0.384. The minimum absolute atomic E-state index is 0.0527. The molecule has 0 radical (unpaired) electrons. The summed E-state index contributed by atoms with van der Waals surface area (Å²) in [7, 11) is 0. The van der Waals surface area contributed by atoms with Crippen molar-refractivity contribution in [1.82, 2.24) is 14.6 Å². The van der Waals surface area contributed by atoms with Crippen molar-refractivity contribution in [3.05, 3.63) is 58.4 Å². The molecular weight excluding hydrogens is 276 g/mol. The number of rotatable bonds is 3. The van der Waals surface area contributed by atoms with Crippen LogP contribution in [0.4, 0.5) is 5.69 Å². The summed E-state index contributed by atoms with van der Waals surface area (Å²) < 4.78 is 1.35. The highest BCUT2D eigenvalue weighted by molar-refractivity contribution is 5.87. The minimum atomic E-state index is -1.16. The molecule has 0 spiro atoms. The van der Waals surface area contributed by atoms with Crippen LogP contribution in [0.1, 0.15) is 10.5 Å². The number of fused-ring (bicyclic) bond motifs is 1. The van der Waals surface area contributed by atoms with Gasteiger partial charge in [-0.15, -0.1) is 0 Å². The minimum Gasteiger partial charge on any atom is -0.476 e. The van der Waals surface area contributed by atoms with Gasteiger partial charge in [-0.2, -0.15) is 5.10 Å². The zero-order valence-electron chi connectivity index (χ0n) is 10.5. The molecule has 2 aromatic heterocycles. The summed E-state index contributed by atoms with van der Waals surface area (Å²) in [4.78, 5) is 25.3. The van der Waals surface area contributed by atoms with Crippen LogP contribution >= 0.6 is 0 Å². The Morgan fingerprint density at radius 1 is 1.29 bits per heavy atom. The predicted molar refractivity (Wildman–Crippen MR) is 72.0 cm³/mol. The van der Waals surface area contributed by atoms with Gasteiger partial charge >= 0.3 is 5.97 Å². The molecule has 0 aliphatic heterocycles. The zero-order chi connectivity index (χ0) is 15.0. The van der Waals surface area contributed by atoms with Crippen molar-refractivity contribution in [2.24, 2.45) is 0 Å². The molecule has 104 valence electrons. The number of carboxylic acid groups (broad SMARTS) is 1. The monoisotopic (exact) mass is 284 g/mol. The number of hydrogen-bond donors (Lipinski definition) is 1. The molecule has 0 aliphatic rings. The van der Waals surface area contributed by atoms with Crippen molar-refractivity contribution >= 4 is 17.3 Å². The van der Waals surface area contributed by atoms with Crippen LogP contribution < -0.4 is 0 Å². The van der Waals surface area contributed by atoms with Crippen molar-refractivity contribution in [1.29, 1.82) is 0 Å². The van der Waals surface area contributed by atoms with Crippen molar-refractivity contribution in [2.45, 2.75) is 0 Å². The molecule has 2 heterocycles. The molecule has 8 nitrogen and oxygen atoms in total. The lowest BCUT2D eigenvalue weighted by Gasteiger charge is -2.04. The lowest BCUT2D eigenvalue weighted by atomic mass is 10.1. The lowest BCUT2D eigenvalue weighted by Crippen LogP contribution is -2.00. The highest BCUT2D eigenvalue weighted by Crippen LogP contribution is 2.24. The van der Waals surface area contributed by atoms with Gasteiger partial charge in [0.2, 0.25) is 0 Å². The van der Waals surface area contributed by atoms with Gasteiger partial charge in [0, 0.05) is 30.0 Å². The third kappa shape index (κ3) is 2.18. The van der Waals surface area contributed by atoms with E-state index in [1.54, 1.807) is 18.2 Å². The molecule has 0 atom stereocenters. The predicted octanol–water partition coefficient (Wildman–Crippen LogP) is 2.00. The van der Waals surface area contributed by atoms with Crippen LogP contribution in [-0.2, 0) is 0 Å². The second kappa shape index (κ2) is 4.67. The number of nitro groups is 1. The van der Waals surface area contributed by atoms with E-state index in [4.69, 9.17) is 5.11 Å². The summed E-state index contributed by atoms with van der Waals surface area (Å²) in [5.74, 6) is -1.16. The molecule has 0 amide bonds. The number of hydrogen-bond acceptors (Lipinski definition) is 5. The van der Waals surface area contributed by atoms with Crippen LogP contribution in [0.3, 0.4) is 0 Å². The first-order chi connectivity index (χ1) is 10.1. The van der Waals surface area contributed by atoms with E-state index in [-0.39, 0.29) is 11.4 Å². The van der Waals surface area contributed by atoms with Gasteiger partial charge in [0.15, 0.2) is 11.3 Å². The van der Waals surface area contributed by atoms with Crippen LogP contribution in [0.5, 0.6) is 0 Å². The Bertz CT molecular complexity index is 871. The zero-order valence-corrected chi connectivity index (χ0v) is 10.5. The fraction of sp³-hybridized carbons (Fsp3) is 0. The Labute approximate surface area is 117 Å². The molecule has 0 fully saturated rings. The SMILES string of the molecule is O=C(O)c1cc2nccc(-c3cccc([N+](=O)[O-])c3)n2n1. The van der Waals surface area contributed by atoms with Gasteiger partial charge in [-0.05, 0) is 6.07 Å². The fourth-order valence-electron chi connectivity index (χ4n) is 2.00. The third-order valence-corrected chi connectivity index (χ3v) is 2.93. The normalized spacial score (nSPS) is 10.7. The molecule has 0 saturated carbocycles. The van der Waals surface area contributed by atoms with Gasteiger partial charge in [-0.3, -0.25) is 10.1 Å². The number of carbonyl (C=O) groups is 1. The molecule has 0 bridgehead atoms. The smallest absolute Gasteiger partial charge is 0.356 e. The van der Waals surface area contributed by atoms with E-state index in [1.807, 2.05) is 0 Å². The molecule has 0 aliphatic carbocycles. The number of aromatic nitrogens is 3. The van der Waals surface area contributed by atoms with Gasteiger partial charge in [-0.25, -0.2) is 14.3 Å². The van der Waals surface area contributed by atoms with Crippen LogP contribution in [0.15, 0.2) is 42.6 Å². The Hall–Kier alpha value is -3.29. The van der Waals surface area contributed by atoms with Gasteiger partial charge in [0.05, 0.1) is 10.6 Å². The fourth-order valence-corrected chi connectivity index (χ4v) is 2.00. The highest BCUT2D eigenvalue weighted by Gasteiger charge is 2.14. The number of aromatic carboxylic acids is 1. The van der Waals surface area contributed by atoms with Crippen LogP contribution in [0, 0.1) is 10.1 Å². The van der Waals surface area contributed by atoms with Gasteiger partial charge in [0.25, 0.3) is 5.69 Å². The summed E-state index contributed by atoms with van der Waals surface area (Å²) in [5, 5.41) is 23.8. The number of benzene rings is 1. The molecule has 21 heavy (non-hydrogen) atoms. The summed E-state index contributed by atoms with van der Waals surface area (Å²) in [6, 6.07) is 8.98. The van der Waals surface area contributed by atoms with E-state index in [9.17, 15) is 14.9 Å². The Kier molecular flexibility index (Phi) is 2.83. The van der Waals surface area contributed by atoms with E-state index in [0.29, 0.717) is 16.9 Å². The number of nitrogens with zero attached hydrogens (tertiary/aromatic N) is 4. The van der Waals surface area contributed by atoms with Crippen LogP contribution in [-0.4, -0.2) is 30.6 Å². The van der Waals surface area contributed by atoms with E-state index in [1.165, 1.54) is 28.9 Å². The second-order valence-electron chi connectivity index (χ2n) is 4.24. The molecule has 3 aromatic rings. The van der Waals surface area contributed by atoms with Crippen molar-refractivity contribution in [3.8, 4) is 11.3 Å². The molecule has 3 rings (SSSR count). The average Bonchev–Trinajstić information content (AvgIpc) is 2.91. The summed E-state index contributed by atoms with van der Waals surface area (Å²) in [6.07, 6.45) is 1.50. The van der Waals surface area contributed by atoms with Gasteiger partial charge in [-0.1, -0.05) is 12.1 Å². The van der Waals surface area contributed by atoms with E-state index >= 15 is 0 Å². The van der Waals surface area contributed by atoms with Crippen LogP contribution in [0.25, 0.3) is 16.9 Å². The second-order valence-corrected chi connectivity index (χ2v) is 4.24. The van der Waals surface area contributed by atoms with E-state index < -0.39 is 10.9 Å². The highest BCUT2D eigenvalue weighted by atomic mass is 16.6. The summed E-state index contributed by atoms with van der Waals surface area (Å²) in [5.41, 5.74) is 1.24. The summed E-state index contributed by atoms with van der Waals surface area (Å²) >= 11 is 0. The van der Waals surface area contributed by atoms with Crippen molar-refractivity contribution in [2.75, 3.05) is 0 Å². The number of non-ortho nitro benzene ring substituents is 1. The maximum absolute atomic E-state index is 11.0. The number of carboxylic acids is 1. The summed E-state index contributed by atoms with van der Waals surface area (Å²) in [6.45, 7) is 0. The molecule has 8 heteroatoms. The average molecular weight is 284 g/mol. The topological polar surface area (TPSA) is 111 Å². The molecule has 0 unspecified atom stereocenters. The standard InChI is InChI=1S/C13H8N4O4/c18-13(19)10-7-12-14-5-4-11(16(12)15-10)8-2-1-3-9(6-8)17(20)21/h1-7H,(H,18,19). The number of nitro benzene ring substituents is 1. The maximum atomic E-state index is 11.0. The molecule has 1 N–H and O–H groups in total. The largest absolute Gasteiger partial charge is 0.476 e. The van der Waals surface area contributed by atoms with E-state index in [2.05, 4.69) is 10.1 Å². The van der Waals surface area contributed by atoms with Crippen molar-refractivity contribution < 1.29 is 14.8 Å². The first kappa shape index (κ1) is 12.7. The van der Waals surface area contributed by atoms with Crippen molar-refractivity contribution in [3.63, 3.8) is 0 Å². The van der Waals surface area contributed by atoms with Gasteiger partial charge < -0.3 is 5.11 Å². The first-order valence-corrected chi connectivity index (χ1v) is 5.89. The first-order valence-electron chi connectivity index (χ1n) is 5.89. The molecule has 1 aromatic carbocycles. The quantitative estimate of drug-likeness (QED) is 0.581. The maximum Gasteiger partial charge on any atom is 0.356 e. The van der Waals surface area contributed by atoms with Crippen LogP contribution in [0.2, 0.25) is 0 Å². The third-order valence-electron chi connectivity index (χ3n) is 2.93. The Morgan fingerprint density at radius 3 is 2.81 bits per heavy atom. The Balaban J connectivity index is 2.22. The molecule has 0 saturated heterocycles. The molecular formula is C13H8N4O4.